The zero-order valence-electron chi connectivity index (χ0n) is 27.9. The fraction of sp³-hybridized carbons (Fsp3) is 0.316. The largest absolute Gasteiger partial charge is 0.459 e. The molecule has 2 saturated heterocycles. The lowest BCUT2D eigenvalue weighted by Gasteiger charge is -2.29. The van der Waals surface area contributed by atoms with Gasteiger partial charge in [0.2, 0.25) is 0 Å². The molecule has 51 heavy (non-hydrogen) atoms. The fourth-order valence-corrected chi connectivity index (χ4v) is 8.06. The van der Waals surface area contributed by atoms with E-state index < -0.39 is 59.4 Å². The Balaban J connectivity index is 1.27. The van der Waals surface area contributed by atoms with Gasteiger partial charge in [0.1, 0.15) is 37.6 Å². The third kappa shape index (κ3) is 9.32. The maximum Gasteiger partial charge on any atom is 0.338 e. The van der Waals surface area contributed by atoms with Crippen molar-refractivity contribution in [3.8, 4) is 0 Å². The Morgan fingerprint density at radius 1 is 0.725 bits per heavy atom. The van der Waals surface area contributed by atoms with Crippen molar-refractivity contribution in [1.29, 1.82) is 0 Å². The number of thioether (sulfide) groups is 2. The van der Waals surface area contributed by atoms with E-state index in [2.05, 4.69) is 10.0 Å². The minimum absolute atomic E-state index is 0.204. The topological polar surface area (TPSA) is 149 Å². The summed E-state index contributed by atoms with van der Waals surface area (Å²) in [7, 11) is 0. The summed E-state index contributed by atoms with van der Waals surface area (Å²) in [5.74, 6) is -1.09. The predicted octanol–water partition coefficient (Wildman–Crippen LogP) is 7.15. The van der Waals surface area contributed by atoms with Gasteiger partial charge >= 0.3 is 11.9 Å². The van der Waals surface area contributed by atoms with Crippen LogP contribution in [0.25, 0.3) is 10.4 Å². The number of ether oxygens (including phenoxy) is 5. The minimum Gasteiger partial charge on any atom is -0.459 e. The van der Waals surface area contributed by atoms with E-state index in [4.69, 9.17) is 23.7 Å². The molecule has 0 bridgehead atoms. The molecule has 0 saturated carbocycles. The van der Waals surface area contributed by atoms with Gasteiger partial charge in [-0.1, -0.05) is 76.9 Å². The number of nitrogens with zero attached hydrogens (tertiary/aromatic N) is 3. The van der Waals surface area contributed by atoms with Crippen molar-refractivity contribution in [3.05, 3.63) is 142 Å². The summed E-state index contributed by atoms with van der Waals surface area (Å²) >= 11 is 2.78. The van der Waals surface area contributed by atoms with Gasteiger partial charge in [-0.25, -0.2) is 9.59 Å². The summed E-state index contributed by atoms with van der Waals surface area (Å²) in [5, 5.41) is 14.3. The molecular weight excluding hydrogens is 691 g/mol. The van der Waals surface area contributed by atoms with Crippen LogP contribution in [0.4, 0.5) is 0 Å². The van der Waals surface area contributed by atoms with Crippen LogP contribution in [0.2, 0.25) is 0 Å². The van der Waals surface area contributed by atoms with Crippen LogP contribution in [0.15, 0.2) is 124 Å². The van der Waals surface area contributed by atoms with E-state index in [9.17, 15) is 20.2 Å². The number of rotatable bonds is 13. The molecule has 4 aromatic carbocycles. The number of benzene rings is 4. The van der Waals surface area contributed by atoms with Crippen LogP contribution >= 0.6 is 23.5 Å². The van der Waals surface area contributed by atoms with Gasteiger partial charge in [0.05, 0.1) is 21.6 Å². The van der Waals surface area contributed by atoms with Crippen LogP contribution in [0.3, 0.4) is 0 Å². The Hall–Kier alpha value is -4.33. The molecule has 8 atom stereocenters. The number of aliphatic hydroxyl groups is 1. The summed E-state index contributed by atoms with van der Waals surface area (Å²) in [6, 6.07) is 32.8. The van der Waals surface area contributed by atoms with Crippen molar-refractivity contribution in [2.45, 2.75) is 71.1 Å². The smallest absolute Gasteiger partial charge is 0.338 e. The molecule has 2 heterocycles. The maximum absolute atomic E-state index is 13.0. The van der Waals surface area contributed by atoms with E-state index in [0.717, 1.165) is 20.9 Å². The molecule has 6 rings (SSSR count). The second kappa shape index (κ2) is 17.3. The fourth-order valence-electron chi connectivity index (χ4n) is 5.69. The van der Waals surface area contributed by atoms with Gasteiger partial charge in [0.15, 0.2) is 12.5 Å². The Labute approximate surface area is 304 Å². The average molecular weight is 728 g/mol. The number of carbonyl (C=O) groups is 2. The Bertz CT molecular complexity index is 1810. The number of aliphatic hydroxyl groups excluding tert-OH is 1. The van der Waals surface area contributed by atoms with Gasteiger partial charge in [0, 0.05) is 14.7 Å². The zero-order valence-corrected chi connectivity index (χ0v) is 29.5. The SMILES string of the molecule is Cc1ccc(S[C@@H]2[C@H](O[C@H]3[C@H](Sc4ccc(C)cc4)[C@@H](N=[N+]=[N-])O[C@@H]3COC(=O)c3ccccc3)O[C@H](COC(=O)c3ccccc3)[C@H]2O)cc1. The molecule has 0 aromatic heterocycles. The lowest BCUT2D eigenvalue weighted by molar-refractivity contribution is -0.179. The molecule has 11 nitrogen and oxygen atoms in total. The summed E-state index contributed by atoms with van der Waals surface area (Å²) in [4.78, 5) is 30.5. The first kappa shape index (κ1) is 36.5. The molecule has 4 aromatic rings. The van der Waals surface area contributed by atoms with Crippen LogP contribution in [-0.4, -0.2) is 77.7 Å². The van der Waals surface area contributed by atoms with Crippen LogP contribution in [0.5, 0.6) is 0 Å². The Morgan fingerprint density at radius 3 is 1.73 bits per heavy atom. The van der Waals surface area contributed by atoms with Crippen molar-refractivity contribution in [2.75, 3.05) is 13.2 Å². The number of aryl methyl sites for hydroxylation is 2. The maximum atomic E-state index is 13.0. The van der Waals surface area contributed by atoms with Crippen LogP contribution in [0, 0.1) is 13.8 Å². The van der Waals surface area contributed by atoms with E-state index in [-0.39, 0.29) is 13.2 Å². The third-order valence-corrected chi connectivity index (χ3v) is 11.0. The highest BCUT2D eigenvalue weighted by Crippen LogP contribution is 2.43. The monoisotopic (exact) mass is 727 g/mol. The summed E-state index contributed by atoms with van der Waals surface area (Å²) in [5.41, 5.74) is 12.4. The highest BCUT2D eigenvalue weighted by molar-refractivity contribution is 8.00. The van der Waals surface area contributed by atoms with Crippen molar-refractivity contribution in [2.24, 2.45) is 5.11 Å². The number of hydrogen-bond acceptors (Lipinski definition) is 11. The molecule has 0 amide bonds. The quantitative estimate of drug-likeness (QED) is 0.0652. The lowest BCUT2D eigenvalue weighted by Crippen LogP contribution is -2.42. The van der Waals surface area contributed by atoms with Gasteiger partial charge in [-0.3, -0.25) is 0 Å². The predicted molar refractivity (Wildman–Crippen MR) is 192 cm³/mol. The molecule has 2 aliphatic rings. The number of azide groups is 1. The van der Waals surface area contributed by atoms with Gasteiger partial charge in [-0.15, -0.1) is 23.5 Å². The molecule has 0 spiro atoms. The molecule has 2 fully saturated rings. The van der Waals surface area contributed by atoms with Crippen molar-refractivity contribution >= 4 is 35.5 Å². The molecular formula is C38H37N3O8S2. The van der Waals surface area contributed by atoms with E-state index in [1.54, 1.807) is 60.7 Å². The van der Waals surface area contributed by atoms with E-state index >= 15 is 0 Å². The first-order valence-electron chi connectivity index (χ1n) is 16.4. The van der Waals surface area contributed by atoms with Crippen LogP contribution in [-0.2, 0) is 23.7 Å². The second-order valence-electron chi connectivity index (χ2n) is 12.1. The van der Waals surface area contributed by atoms with Crippen molar-refractivity contribution in [1.82, 2.24) is 0 Å². The van der Waals surface area contributed by atoms with Gasteiger partial charge in [0.25, 0.3) is 0 Å². The molecule has 0 unspecified atom stereocenters. The first-order chi connectivity index (χ1) is 24.8. The normalized spacial score (nSPS) is 25.5. The lowest BCUT2D eigenvalue weighted by atomic mass is 10.1. The number of esters is 2. The summed E-state index contributed by atoms with van der Waals surface area (Å²) < 4.78 is 30.6. The summed E-state index contributed by atoms with van der Waals surface area (Å²) in [6.07, 6.45) is -5.73. The second-order valence-corrected chi connectivity index (χ2v) is 14.6. The Morgan fingerprint density at radius 2 is 1.22 bits per heavy atom. The minimum atomic E-state index is -1.10. The van der Waals surface area contributed by atoms with E-state index in [1.165, 1.54) is 23.5 Å². The average Bonchev–Trinajstić information content (AvgIpc) is 3.63. The highest BCUT2D eigenvalue weighted by atomic mass is 32.2. The standard InChI is InChI=1S/C38H37N3O8S2/c1-23-13-17-27(18-14-23)50-33-31(42)29(21-45-36(43)25-9-5-3-6-10-25)48-38(33)49-32-30(22-46-37(44)26-11-7-4-8-12-26)47-35(40-41-39)34(32)51-28-19-15-24(2)16-20-28/h3-20,29-35,38,42H,21-22H2,1-2H3/t29-,30-,31-,32-,33+,34+,35+,38+/m1/s1. The van der Waals surface area contributed by atoms with Crippen LogP contribution in [0.1, 0.15) is 31.8 Å². The van der Waals surface area contributed by atoms with Crippen LogP contribution < -0.4 is 0 Å². The van der Waals surface area contributed by atoms with E-state index in [1.807, 2.05) is 62.4 Å². The summed E-state index contributed by atoms with van der Waals surface area (Å²) in [6.45, 7) is 3.55. The molecule has 1 N–H and O–H groups in total. The van der Waals surface area contributed by atoms with Gasteiger partial charge in [-0.05, 0) is 67.9 Å². The zero-order chi connectivity index (χ0) is 35.7. The number of hydrogen-bond donors (Lipinski definition) is 1. The molecule has 264 valence electrons. The van der Waals surface area contributed by atoms with E-state index in [0.29, 0.717) is 11.1 Å². The number of carbonyl (C=O) groups excluding carboxylic acids is 2. The van der Waals surface area contributed by atoms with Crippen molar-refractivity contribution < 1.29 is 38.4 Å². The highest BCUT2D eigenvalue weighted by Gasteiger charge is 2.52. The molecule has 2 aliphatic heterocycles. The Kier molecular flexibility index (Phi) is 12.3. The van der Waals surface area contributed by atoms with Gasteiger partial charge < -0.3 is 28.8 Å². The third-order valence-electron chi connectivity index (χ3n) is 8.40. The molecule has 13 heteroatoms. The first-order valence-corrected chi connectivity index (χ1v) is 18.1. The molecule has 0 aliphatic carbocycles. The van der Waals surface area contributed by atoms with Crippen molar-refractivity contribution in [3.63, 3.8) is 0 Å². The molecule has 0 radical (unpaired) electrons. The van der Waals surface area contributed by atoms with Gasteiger partial charge in [-0.2, -0.15) is 0 Å².